The number of hydrogen-bond donors (Lipinski definition) is 0. The molecule has 5 rings (SSSR count). The summed E-state index contributed by atoms with van der Waals surface area (Å²) in [5.41, 5.74) is 3.72. The Morgan fingerprint density at radius 1 is 0.733 bits per heavy atom. The Kier molecular flexibility index (Phi) is 5.20. The van der Waals surface area contributed by atoms with Crippen LogP contribution in [0.3, 0.4) is 0 Å². The molecular weight excluding hydrogens is 386 g/mol. The summed E-state index contributed by atoms with van der Waals surface area (Å²) in [6, 6.07) is 34.1. The molecule has 0 amide bonds. The highest BCUT2D eigenvalue weighted by molar-refractivity contribution is 7.98. The fourth-order valence-corrected chi connectivity index (χ4v) is 4.73. The average molecular weight is 410 g/mol. The van der Waals surface area contributed by atoms with Gasteiger partial charge in [0.2, 0.25) is 0 Å². The molecule has 1 aromatic heterocycles. The second-order valence-electron chi connectivity index (χ2n) is 7.49. The molecule has 148 valence electrons. The lowest BCUT2D eigenvalue weighted by atomic mass is 10.1. The van der Waals surface area contributed by atoms with E-state index in [1.807, 2.05) is 30.0 Å². The van der Waals surface area contributed by atoms with Crippen LogP contribution in [0.2, 0.25) is 0 Å². The number of aryl methyl sites for hydroxylation is 1. The van der Waals surface area contributed by atoms with Crippen molar-refractivity contribution in [2.45, 2.75) is 17.3 Å². The lowest BCUT2D eigenvalue weighted by molar-refractivity contribution is 0.306. The largest absolute Gasteiger partial charge is 0.489 e. The zero-order chi connectivity index (χ0) is 20.3. The van der Waals surface area contributed by atoms with E-state index in [4.69, 9.17) is 4.74 Å². The van der Waals surface area contributed by atoms with Crippen molar-refractivity contribution >= 4 is 33.4 Å². The van der Waals surface area contributed by atoms with Gasteiger partial charge in [0.15, 0.2) is 0 Å². The van der Waals surface area contributed by atoms with E-state index in [0.717, 1.165) is 11.5 Å². The fourth-order valence-electron chi connectivity index (χ4n) is 3.77. The normalized spacial score (nSPS) is 11.2. The lowest BCUT2D eigenvalue weighted by Gasteiger charge is -2.07. The number of aromatic nitrogens is 1. The maximum absolute atomic E-state index is 6.01. The van der Waals surface area contributed by atoms with Gasteiger partial charge in [0.1, 0.15) is 12.4 Å². The molecule has 0 N–H and O–H groups in total. The van der Waals surface area contributed by atoms with Crippen molar-refractivity contribution in [1.29, 1.82) is 0 Å². The van der Waals surface area contributed by atoms with Gasteiger partial charge in [0.05, 0.1) is 0 Å². The van der Waals surface area contributed by atoms with E-state index < -0.39 is 0 Å². The number of thioether (sulfide) groups is 1. The van der Waals surface area contributed by atoms with Gasteiger partial charge < -0.3 is 9.30 Å². The van der Waals surface area contributed by atoms with Gasteiger partial charge in [0.25, 0.3) is 0 Å². The van der Waals surface area contributed by atoms with Crippen molar-refractivity contribution < 1.29 is 4.74 Å². The van der Waals surface area contributed by atoms with Gasteiger partial charge in [-0.15, -0.1) is 11.8 Å². The van der Waals surface area contributed by atoms with Gasteiger partial charge in [-0.05, 0) is 52.7 Å². The molecule has 0 bridgehead atoms. The van der Waals surface area contributed by atoms with Gasteiger partial charge in [-0.3, -0.25) is 0 Å². The molecule has 0 unspecified atom stereocenters. The Morgan fingerprint density at radius 2 is 1.53 bits per heavy atom. The van der Waals surface area contributed by atoms with Crippen molar-refractivity contribution in [3.8, 4) is 5.75 Å². The van der Waals surface area contributed by atoms with Crippen LogP contribution >= 0.6 is 11.8 Å². The second kappa shape index (κ2) is 8.29. The first kappa shape index (κ1) is 18.8. The molecule has 0 saturated carbocycles. The first-order valence-corrected chi connectivity index (χ1v) is 11.1. The number of hydrogen-bond acceptors (Lipinski definition) is 2. The summed E-state index contributed by atoms with van der Waals surface area (Å²) in [4.78, 5) is 1.30. The Hall–Kier alpha value is -3.17. The van der Waals surface area contributed by atoms with Crippen LogP contribution in [0, 0.1) is 0 Å². The van der Waals surface area contributed by atoms with Crippen molar-refractivity contribution in [2.75, 3.05) is 0 Å². The van der Waals surface area contributed by atoms with E-state index in [-0.39, 0.29) is 0 Å². The maximum atomic E-state index is 6.01. The molecule has 2 nitrogen and oxygen atoms in total. The van der Waals surface area contributed by atoms with Crippen LogP contribution < -0.4 is 4.74 Å². The predicted molar refractivity (Wildman–Crippen MR) is 127 cm³/mol. The minimum atomic E-state index is 0.587. The van der Waals surface area contributed by atoms with Gasteiger partial charge >= 0.3 is 0 Å². The highest BCUT2D eigenvalue weighted by atomic mass is 32.2. The van der Waals surface area contributed by atoms with E-state index in [0.29, 0.717) is 6.61 Å². The van der Waals surface area contributed by atoms with E-state index in [1.54, 1.807) is 0 Å². The van der Waals surface area contributed by atoms with Crippen molar-refractivity contribution in [3.63, 3.8) is 0 Å². The van der Waals surface area contributed by atoms with Crippen LogP contribution in [0.15, 0.2) is 102 Å². The van der Waals surface area contributed by atoms with Crippen LogP contribution in [0.5, 0.6) is 5.75 Å². The van der Waals surface area contributed by atoms with Crippen LogP contribution in [-0.2, 0) is 19.4 Å². The lowest BCUT2D eigenvalue weighted by Crippen LogP contribution is -1.95. The molecule has 0 atom stereocenters. The molecule has 0 saturated heterocycles. The third-order valence-corrected chi connectivity index (χ3v) is 6.50. The topological polar surface area (TPSA) is 14.2 Å². The summed E-state index contributed by atoms with van der Waals surface area (Å²) >= 11 is 1.88. The Balaban J connectivity index is 1.32. The van der Waals surface area contributed by atoms with E-state index in [1.165, 1.54) is 37.8 Å². The number of benzene rings is 4. The SMILES string of the molecule is Cn1c(CSc2ccc3ccccc3c2)cc2cc(OCc3ccccc3)ccc21. The Morgan fingerprint density at radius 3 is 2.40 bits per heavy atom. The standard InChI is InChI=1S/C27H23NOS/c1-28-24(19-30-26-13-11-21-9-5-6-10-22(21)17-26)15-23-16-25(12-14-27(23)28)29-18-20-7-3-2-4-8-20/h2-17H,18-19H2,1H3. The second-order valence-corrected chi connectivity index (χ2v) is 8.54. The summed E-state index contributed by atoms with van der Waals surface area (Å²) in [6.45, 7) is 0.587. The highest BCUT2D eigenvalue weighted by Gasteiger charge is 2.08. The third-order valence-electron chi connectivity index (χ3n) is 5.47. The van der Waals surface area contributed by atoms with Crippen LogP contribution in [0.4, 0.5) is 0 Å². The van der Waals surface area contributed by atoms with E-state index in [9.17, 15) is 0 Å². The minimum absolute atomic E-state index is 0.587. The molecule has 0 aliphatic carbocycles. The number of rotatable bonds is 6. The first-order chi connectivity index (χ1) is 14.8. The molecular formula is C27H23NOS. The highest BCUT2D eigenvalue weighted by Crippen LogP contribution is 2.30. The average Bonchev–Trinajstić information content (AvgIpc) is 3.11. The molecule has 5 aromatic rings. The van der Waals surface area contributed by atoms with Crippen LogP contribution in [-0.4, -0.2) is 4.57 Å². The number of nitrogens with zero attached hydrogens (tertiary/aromatic N) is 1. The van der Waals surface area contributed by atoms with Crippen molar-refractivity contribution in [3.05, 3.63) is 108 Å². The summed E-state index contributed by atoms with van der Waals surface area (Å²) in [7, 11) is 2.14. The molecule has 0 aliphatic heterocycles. The molecule has 30 heavy (non-hydrogen) atoms. The van der Waals surface area contributed by atoms with Crippen molar-refractivity contribution in [2.24, 2.45) is 7.05 Å². The van der Waals surface area contributed by atoms with Gasteiger partial charge in [-0.2, -0.15) is 0 Å². The maximum Gasteiger partial charge on any atom is 0.120 e. The zero-order valence-corrected chi connectivity index (χ0v) is 17.7. The predicted octanol–water partition coefficient (Wildman–Crippen LogP) is 7.20. The van der Waals surface area contributed by atoms with Crippen LogP contribution in [0.1, 0.15) is 11.3 Å². The molecule has 0 spiro atoms. The molecule has 3 heteroatoms. The summed E-state index contributed by atoms with van der Waals surface area (Å²) < 4.78 is 8.29. The molecule has 0 fully saturated rings. The van der Waals surface area contributed by atoms with Crippen LogP contribution in [0.25, 0.3) is 21.7 Å². The summed E-state index contributed by atoms with van der Waals surface area (Å²) in [6.07, 6.45) is 0. The van der Waals surface area contributed by atoms with Crippen molar-refractivity contribution in [1.82, 2.24) is 4.57 Å². The van der Waals surface area contributed by atoms with Gasteiger partial charge in [-0.1, -0.05) is 60.7 Å². The summed E-state index contributed by atoms with van der Waals surface area (Å²) in [5, 5.41) is 3.80. The smallest absolute Gasteiger partial charge is 0.120 e. The molecule has 1 heterocycles. The van der Waals surface area contributed by atoms with Gasteiger partial charge in [-0.25, -0.2) is 0 Å². The Labute approximate surface area is 181 Å². The molecule has 0 aliphatic rings. The molecule has 4 aromatic carbocycles. The Bertz CT molecular complexity index is 1310. The quantitative estimate of drug-likeness (QED) is 0.275. The fraction of sp³-hybridized carbons (Fsp3) is 0.111. The zero-order valence-electron chi connectivity index (χ0n) is 16.9. The third kappa shape index (κ3) is 3.94. The van der Waals surface area contributed by atoms with E-state index >= 15 is 0 Å². The molecule has 0 radical (unpaired) electrons. The number of fused-ring (bicyclic) bond motifs is 2. The minimum Gasteiger partial charge on any atom is -0.489 e. The monoisotopic (exact) mass is 409 g/mol. The summed E-state index contributed by atoms with van der Waals surface area (Å²) in [5.74, 6) is 1.84. The van der Waals surface area contributed by atoms with Gasteiger partial charge in [0, 0.05) is 34.3 Å². The van der Waals surface area contributed by atoms with E-state index in [2.05, 4.69) is 90.5 Å². The number of ether oxygens (including phenoxy) is 1. The first-order valence-electron chi connectivity index (χ1n) is 10.1.